The third-order valence-electron chi connectivity index (χ3n) is 5.12. The zero-order valence-electron chi connectivity index (χ0n) is 16.3. The van der Waals surface area contributed by atoms with E-state index in [-0.39, 0.29) is 23.2 Å². The van der Waals surface area contributed by atoms with Crippen LogP contribution in [-0.4, -0.2) is 34.2 Å². The Bertz CT molecular complexity index is 963. The van der Waals surface area contributed by atoms with Gasteiger partial charge in [-0.25, -0.2) is 0 Å². The first-order valence-electron chi connectivity index (χ1n) is 9.39. The molecule has 152 valence electrons. The number of nitrogens with one attached hydrogen (secondary N) is 1. The van der Waals surface area contributed by atoms with Gasteiger partial charge in [-0.1, -0.05) is 30.7 Å². The monoisotopic (exact) mass is 414 g/mol. The molecule has 0 aliphatic carbocycles. The number of hydrogen-bond donors (Lipinski definition) is 2. The summed E-state index contributed by atoms with van der Waals surface area (Å²) in [6, 6.07) is 6.86. The largest absolute Gasteiger partial charge is 0.366 e. The summed E-state index contributed by atoms with van der Waals surface area (Å²) in [6.45, 7) is 4.45. The van der Waals surface area contributed by atoms with Gasteiger partial charge in [0.1, 0.15) is 0 Å². The van der Waals surface area contributed by atoms with Crippen molar-refractivity contribution in [3.8, 4) is 0 Å². The molecule has 0 bridgehead atoms. The normalized spacial score (nSPS) is 18.9. The summed E-state index contributed by atoms with van der Waals surface area (Å²) >= 11 is 6.13. The molecule has 1 aliphatic heterocycles. The van der Waals surface area contributed by atoms with Gasteiger partial charge < -0.3 is 16.0 Å². The molecular weight excluding hydrogens is 392 g/mol. The van der Waals surface area contributed by atoms with Crippen molar-refractivity contribution in [1.29, 1.82) is 0 Å². The Morgan fingerprint density at radius 1 is 1.21 bits per heavy atom. The first kappa shape index (κ1) is 20.8. The molecule has 1 saturated heterocycles. The lowest BCUT2D eigenvalue weighted by Gasteiger charge is -2.38. The van der Waals surface area contributed by atoms with Crippen molar-refractivity contribution in [2.75, 3.05) is 11.9 Å². The number of aryl methyl sites for hydroxylation is 1. The zero-order valence-corrected chi connectivity index (χ0v) is 17.1. The van der Waals surface area contributed by atoms with E-state index in [0.29, 0.717) is 11.6 Å². The first-order valence-corrected chi connectivity index (χ1v) is 9.77. The van der Waals surface area contributed by atoms with Crippen LogP contribution >= 0.6 is 11.6 Å². The Morgan fingerprint density at radius 2 is 1.97 bits per heavy atom. The van der Waals surface area contributed by atoms with Crippen LogP contribution in [0.3, 0.4) is 0 Å². The average molecular weight is 415 g/mol. The Balaban J connectivity index is 1.81. The van der Waals surface area contributed by atoms with Gasteiger partial charge in [0.15, 0.2) is 0 Å². The maximum Gasteiger partial charge on any atom is 0.313 e. The number of aromatic nitrogens is 1. The van der Waals surface area contributed by atoms with Gasteiger partial charge in [-0.05, 0) is 48.9 Å². The summed E-state index contributed by atoms with van der Waals surface area (Å²) < 4.78 is 0. The molecule has 3 amide bonds. The molecule has 3 rings (SSSR count). The topological polar surface area (TPSA) is 105 Å². The van der Waals surface area contributed by atoms with Gasteiger partial charge >= 0.3 is 11.8 Å². The third kappa shape index (κ3) is 4.74. The fourth-order valence-electron chi connectivity index (χ4n) is 3.56. The van der Waals surface area contributed by atoms with Crippen molar-refractivity contribution in [1.82, 2.24) is 9.88 Å². The van der Waals surface area contributed by atoms with E-state index >= 15 is 0 Å². The highest BCUT2D eigenvalue weighted by Gasteiger charge is 2.34. The predicted molar refractivity (Wildman–Crippen MR) is 110 cm³/mol. The number of halogens is 1. The number of hydrogen-bond acceptors (Lipinski definition) is 4. The maximum absolute atomic E-state index is 13.0. The predicted octanol–water partition coefficient (Wildman–Crippen LogP) is 3.08. The van der Waals surface area contributed by atoms with E-state index in [1.54, 1.807) is 4.90 Å². The highest BCUT2D eigenvalue weighted by molar-refractivity contribution is 6.39. The van der Waals surface area contributed by atoms with Crippen LogP contribution in [0.2, 0.25) is 5.02 Å². The van der Waals surface area contributed by atoms with Gasteiger partial charge in [-0.15, -0.1) is 0 Å². The summed E-state index contributed by atoms with van der Waals surface area (Å²) in [6.07, 6.45) is 4.38. The molecule has 0 spiro atoms. The van der Waals surface area contributed by atoms with E-state index < -0.39 is 17.7 Å². The quantitative estimate of drug-likeness (QED) is 0.752. The molecule has 0 unspecified atom stereocenters. The number of amides is 3. The maximum atomic E-state index is 13.0. The standard InChI is InChI=1S/C21H23ClN4O3/c1-12-3-6-18(14-4-5-17(22)13(2)7-14)26(11-12)21(29)20(28)25-16-8-15(19(23)27)9-24-10-16/h4-5,7-10,12,18H,3,6,11H2,1-2H3,(H2,23,27)(H,25,28)/t12-,18+/m1/s1. The van der Waals surface area contributed by atoms with Crippen LogP contribution in [0.1, 0.15) is 47.3 Å². The smallest absolute Gasteiger partial charge is 0.313 e. The van der Waals surface area contributed by atoms with Gasteiger partial charge in [0, 0.05) is 17.8 Å². The second-order valence-corrected chi connectivity index (χ2v) is 7.85. The van der Waals surface area contributed by atoms with Crippen LogP contribution < -0.4 is 11.1 Å². The van der Waals surface area contributed by atoms with Crippen molar-refractivity contribution in [2.45, 2.75) is 32.7 Å². The van der Waals surface area contributed by atoms with E-state index in [2.05, 4.69) is 17.2 Å². The number of likely N-dealkylation sites (tertiary alicyclic amines) is 1. The number of rotatable bonds is 3. The number of nitrogens with two attached hydrogens (primary N) is 1. The molecule has 8 heteroatoms. The number of primary amides is 1. The fraction of sp³-hybridized carbons (Fsp3) is 0.333. The molecule has 1 fully saturated rings. The molecule has 3 N–H and O–H groups in total. The van der Waals surface area contributed by atoms with Crippen molar-refractivity contribution in [3.05, 3.63) is 58.4 Å². The van der Waals surface area contributed by atoms with Gasteiger partial charge in [0.25, 0.3) is 0 Å². The van der Waals surface area contributed by atoms with Crippen LogP contribution in [0.4, 0.5) is 5.69 Å². The fourth-order valence-corrected chi connectivity index (χ4v) is 3.67. The van der Waals surface area contributed by atoms with Gasteiger partial charge in [-0.2, -0.15) is 0 Å². The minimum atomic E-state index is -0.779. The number of nitrogens with zero attached hydrogens (tertiary/aromatic N) is 2. The summed E-state index contributed by atoms with van der Waals surface area (Å²) in [5, 5.41) is 3.18. The molecule has 2 heterocycles. The molecule has 2 aromatic rings. The van der Waals surface area contributed by atoms with E-state index in [9.17, 15) is 14.4 Å². The zero-order chi connectivity index (χ0) is 21.1. The number of carbonyl (C=O) groups is 3. The highest BCUT2D eigenvalue weighted by Crippen LogP contribution is 2.34. The summed E-state index contributed by atoms with van der Waals surface area (Å²) in [4.78, 5) is 42.4. The average Bonchev–Trinajstić information content (AvgIpc) is 2.69. The molecule has 1 aliphatic rings. The van der Waals surface area contributed by atoms with Gasteiger partial charge in [-0.3, -0.25) is 19.4 Å². The second kappa shape index (κ2) is 8.61. The summed E-state index contributed by atoms with van der Waals surface area (Å²) in [7, 11) is 0. The Labute approximate surface area is 174 Å². The van der Waals surface area contributed by atoms with E-state index in [0.717, 1.165) is 24.0 Å². The van der Waals surface area contributed by atoms with Crippen LogP contribution in [0, 0.1) is 12.8 Å². The lowest BCUT2D eigenvalue weighted by molar-refractivity contribution is -0.146. The number of benzene rings is 1. The van der Waals surface area contributed by atoms with E-state index in [1.807, 2.05) is 25.1 Å². The lowest BCUT2D eigenvalue weighted by Crippen LogP contribution is -2.46. The van der Waals surface area contributed by atoms with Gasteiger partial charge in [0.05, 0.1) is 23.5 Å². The third-order valence-corrected chi connectivity index (χ3v) is 5.54. The molecule has 0 radical (unpaired) electrons. The van der Waals surface area contributed by atoms with E-state index in [4.69, 9.17) is 17.3 Å². The molecule has 7 nitrogen and oxygen atoms in total. The number of carbonyl (C=O) groups excluding carboxylic acids is 3. The van der Waals surface area contributed by atoms with Crippen LogP contribution in [0.25, 0.3) is 0 Å². The molecule has 0 saturated carbocycles. The highest BCUT2D eigenvalue weighted by atomic mass is 35.5. The minimum absolute atomic E-state index is 0.149. The van der Waals surface area contributed by atoms with Gasteiger partial charge in [0.2, 0.25) is 5.91 Å². The Hall–Kier alpha value is -2.93. The van der Waals surface area contributed by atoms with Crippen molar-refractivity contribution >= 4 is 35.0 Å². The molecule has 1 aromatic carbocycles. The summed E-state index contributed by atoms with van der Waals surface area (Å²) in [5.74, 6) is -1.78. The molecule has 2 atom stereocenters. The SMILES string of the molecule is Cc1cc([C@@H]2CC[C@@H](C)CN2C(=O)C(=O)Nc2cncc(C(N)=O)c2)ccc1Cl. The molecule has 29 heavy (non-hydrogen) atoms. The van der Waals surface area contributed by atoms with Crippen molar-refractivity contribution in [2.24, 2.45) is 11.7 Å². The Morgan fingerprint density at radius 3 is 2.66 bits per heavy atom. The summed E-state index contributed by atoms with van der Waals surface area (Å²) in [5.41, 5.74) is 7.50. The Kier molecular flexibility index (Phi) is 6.17. The van der Waals surface area contributed by atoms with Crippen molar-refractivity contribution < 1.29 is 14.4 Å². The van der Waals surface area contributed by atoms with E-state index in [1.165, 1.54) is 18.5 Å². The number of anilines is 1. The lowest BCUT2D eigenvalue weighted by atomic mass is 9.89. The van der Waals surface area contributed by atoms with Crippen molar-refractivity contribution in [3.63, 3.8) is 0 Å². The minimum Gasteiger partial charge on any atom is -0.366 e. The van der Waals surface area contributed by atoms with Crippen LogP contribution in [-0.2, 0) is 9.59 Å². The number of pyridine rings is 1. The van der Waals surface area contributed by atoms with Crippen LogP contribution in [0.5, 0.6) is 0 Å². The number of piperidine rings is 1. The molecular formula is C21H23ClN4O3. The molecule has 1 aromatic heterocycles. The first-order chi connectivity index (χ1) is 13.8. The second-order valence-electron chi connectivity index (χ2n) is 7.45. The van der Waals surface area contributed by atoms with Crippen LogP contribution in [0.15, 0.2) is 36.7 Å².